The van der Waals surface area contributed by atoms with Crippen molar-refractivity contribution in [1.82, 2.24) is 15.4 Å². The Hall–Kier alpha value is -1.78. The van der Waals surface area contributed by atoms with Gasteiger partial charge in [0.1, 0.15) is 12.8 Å². The first kappa shape index (κ1) is 24.3. The molecule has 0 aliphatic carbocycles. The van der Waals surface area contributed by atoms with Crippen LogP contribution >= 0.6 is 11.3 Å². The average Bonchev–Trinajstić information content (AvgIpc) is 3.01. The summed E-state index contributed by atoms with van der Waals surface area (Å²) in [5, 5.41) is 3.76. The number of oxime groups is 1. The fourth-order valence-electron chi connectivity index (χ4n) is 2.29. The zero-order valence-corrected chi connectivity index (χ0v) is 15.6. The number of thiazole rings is 1. The molecule has 2 unspecified atom stereocenters. The topological polar surface area (TPSA) is 191 Å². The molecule has 1 saturated heterocycles. The second-order valence-corrected chi connectivity index (χ2v) is 7.55. The van der Waals surface area contributed by atoms with Gasteiger partial charge in [0.05, 0.1) is 19.6 Å². The number of hydrazine groups is 1. The predicted octanol–water partition coefficient (Wildman–Crippen LogP) is -2.51. The summed E-state index contributed by atoms with van der Waals surface area (Å²) in [5.74, 6) is -2.95. The molecule has 1 aliphatic rings. The van der Waals surface area contributed by atoms with Crippen LogP contribution in [-0.4, -0.2) is 102 Å². The Morgan fingerprint density at radius 3 is 2.57 bits per heavy atom. The number of amides is 2. The van der Waals surface area contributed by atoms with Crippen LogP contribution in [0.4, 0.5) is 5.13 Å². The first-order chi connectivity index (χ1) is 12.6. The first-order valence-electron chi connectivity index (χ1n) is 7.09. The molecule has 28 heavy (non-hydrogen) atoms. The number of ether oxygens (including phenoxy) is 1. The summed E-state index contributed by atoms with van der Waals surface area (Å²) in [6.45, 7) is 0. The number of hydrogen-bond donors (Lipinski definition) is 3. The number of esters is 1. The summed E-state index contributed by atoms with van der Waals surface area (Å²) in [7, 11) is -2.57. The van der Waals surface area contributed by atoms with Crippen LogP contribution in [0.2, 0.25) is 0 Å². The fourth-order valence-corrected chi connectivity index (χ4v) is 3.82. The van der Waals surface area contributed by atoms with E-state index in [9.17, 15) is 27.4 Å². The maximum absolute atomic E-state index is 12.4. The van der Waals surface area contributed by atoms with Crippen molar-refractivity contribution in [2.24, 2.45) is 5.16 Å². The fraction of sp³-hybridized carbons (Fsp3) is 0.417. The van der Waals surface area contributed by atoms with Crippen LogP contribution < -0.4 is 11.2 Å². The van der Waals surface area contributed by atoms with Crippen LogP contribution in [0.5, 0.6) is 0 Å². The van der Waals surface area contributed by atoms with E-state index < -0.39 is 45.6 Å². The number of rotatable bonds is 7. The summed E-state index contributed by atoms with van der Waals surface area (Å²) in [4.78, 5) is 44.4. The van der Waals surface area contributed by atoms with Gasteiger partial charge in [-0.15, -0.1) is 11.3 Å². The molecule has 0 saturated carbocycles. The number of aromatic nitrogens is 1. The Balaban J connectivity index is 0.00000392. The third-order valence-corrected chi connectivity index (χ3v) is 5.30. The Morgan fingerprint density at radius 2 is 2.11 bits per heavy atom. The number of carbonyl (C=O) groups excluding carboxylic acids is 3. The molecule has 13 nitrogen and oxygen atoms in total. The van der Waals surface area contributed by atoms with Gasteiger partial charge in [-0.25, -0.2) is 9.99 Å². The van der Waals surface area contributed by atoms with E-state index in [1.165, 1.54) is 12.5 Å². The van der Waals surface area contributed by atoms with Gasteiger partial charge >= 0.3 is 35.5 Å². The van der Waals surface area contributed by atoms with Gasteiger partial charge in [-0.1, -0.05) is 5.16 Å². The van der Waals surface area contributed by atoms with Crippen molar-refractivity contribution < 1.29 is 36.9 Å². The van der Waals surface area contributed by atoms with E-state index >= 15 is 0 Å². The number of nitrogens with one attached hydrogen (secondary N) is 1. The second kappa shape index (κ2) is 9.62. The second-order valence-electron chi connectivity index (χ2n) is 5.13. The van der Waals surface area contributed by atoms with Crippen molar-refractivity contribution in [2.75, 3.05) is 20.0 Å². The van der Waals surface area contributed by atoms with Gasteiger partial charge < -0.3 is 15.3 Å². The Morgan fingerprint density at radius 1 is 1.46 bits per heavy atom. The van der Waals surface area contributed by atoms with Crippen molar-refractivity contribution >= 4 is 79.6 Å². The van der Waals surface area contributed by atoms with Gasteiger partial charge in [0.2, 0.25) is 0 Å². The maximum atomic E-state index is 12.4. The van der Waals surface area contributed by atoms with Crippen LogP contribution in [0, 0.1) is 0 Å². The zero-order valence-electron chi connectivity index (χ0n) is 14.0. The summed E-state index contributed by atoms with van der Waals surface area (Å²) >= 11 is 1.03. The SMILES string of the molecule is CON=C(C(=O)NN1C(=O)C(S(=O)(=O)O)C1CC(=O)OC)c1csc(N)n1.[NaH]. The van der Waals surface area contributed by atoms with Crippen LogP contribution in [0.1, 0.15) is 12.1 Å². The van der Waals surface area contributed by atoms with Crippen molar-refractivity contribution in [1.29, 1.82) is 0 Å². The third kappa shape index (κ3) is 5.18. The van der Waals surface area contributed by atoms with Gasteiger partial charge in [-0.3, -0.25) is 24.4 Å². The summed E-state index contributed by atoms with van der Waals surface area (Å²) in [6, 6.07) is -1.37. The van der Waals surface area contributed by atoms with Crippen molar-refractivity contribution in [2.45, 2.75) is 17.7 Å². The number of nitrogen functional groups attached to an aromatic ring is 1. The molecule has 0 aromatic carbocycles. The van der Waals surface area contributed by atoms with E-state index in [0.717, 1.165) is 18.4 Å². The molecule has 1 aromatic rings. The number of carbonyl (C=O) groups is 3. The minimum atomic E-state index is -4.80. The summed E-state index contributed by atoms with van der Waals surface area (Å²) in [5.41, 5.74) is 7.33. The predicted molar refractivity (Wildman–Crippen MR) is 98.0 cm³/mol. The van der Waals surface area contributed by atoms with Crippen molar-refractivity contribution in [3.05, 3.63) is 11.1 Å². The van der Waals surface area contributed by atoms with Crippen LogP contribution in [0.3, 0.4) is 0 Å². The molecule has 0 bridgehead atoms. The van der Waals surface area contributed by atoms with E-state index in [2.05, 4.69) is 25.1 Å². The Bertz CT molecular complexity index is 902. The molecular formula is C12H16N5NaO8S2. The Kier molecular flexibility index (Phi) is 8.33. The quantitative estimate of drug-likeness (QED) is 0.101. The zero-order chi connectivity index (χ0) is 20.4. The molecule has 2 heterocycles. The van der Waals surface area contributed by atoms with Gasteiger partial charge in [-0.2, -0.15) is 8.42 Å². The molecule has 1 aliphatic heterocycles. The van der Waals surface area contributed by atoms with E-state index in [4.69, 9.17) is 5.73 Å². The minimum absolute atomic E-state index is 0. The molecule has 2 rings (SSSR count). The van der Waals surface area contributed by atoms with Crippen molar-refractivity contribution in [3.8, 4) is 0 Å². The van der Waals surface area contributed by atoms with Crippen molar-refractivity contribution in [3.63, 3.8) is 0 Å². The number of β-lactam (4-membered cyclic amide) rings is 1. The molecule has 1 aromatic heterocycles. The van der Waals surface area contributed by atoms with Crippen LogP contribution in [0.25, 0.3) is 0 Å². The van der Waals surface area contributed by atoms with Crippen LogP contribution in [0.15, 0.2) is 10.5 Å². The molecule has 150 valence electrons. The van der Waals surface area contributed by atoms with Gasteiger partial charge in [0.15, 0.2) is 16.1 Å². The van der Waals surface area contributed by atoms with Gasteiger partial charge in [-0.05, 0) is 0 Å². The normalized spacial score (nSPS) is 19.3. The van der Waals surface area contributed by atoms with E-state index in [1.807, 2.05) is 0 Å². The number of nitrogens with two attached hydrogens (primary N) is 1. The van der Waals surface area contributed by atoms with E-state index in [1.54, 1.807) is 0 Å². The first-order valence-corrected chi connectivity index (χ1v) is 9.48. The average molecular weight is 445 g/mol. The molecule has 2 amide bonds. The molecule has 1 fully saturated rings. The van der Waals surface area contributed by atoms with E-state index in [0.29, 0.717) is 5.01 Å². The third-order valence-electron chi connectivity index (χ3n) is 3.47. The number of hydrogen-bond acceptors (Lipinski definition) is 11. The van der Waals surface area contributed by atoms with Crippen LogP contribution in [-0.2, 0) is 34.1 Å². The van der Waals surface area contributed by atoms with E-state index in [-0.39, 0.29) is 46.1 Å². The Labute approximate surface area is 185 Å². The molecule has 2 atom stereocenters. The molecule has 0 spiro atoms. The number of methoxy groups -OCH3 is 1. The summed E-state index contributed by atoms with van der Waals surface area (Å²) < 4.78 is 36.4. The molecular weight excluding hydrogens is 429 g/mol. The molecule has 4 N–H and O–H groups in total. The standard InChI is InChI=1S/C12H15N5O8S2.Na.H/c1-24-7(18)3-6-9(27(21,22)23)11(20)17(6)15-10(19)8(16-25-2)5-4-26-12(13)14-5;;/h4,6,9H,3H2,1-2H3,(H2,13,14)(H,15,19)(H,21,22,23);;. The molecule has 0 radical (unpaired) electrons. The van der Waals surface area contributed by atoms with Gasteiger partial charge in [0.25, 0.3) is 21.9 Å². The number of nitrogens with zero attached hydrogens (tertiary/aromatic N) is 3. The number of anilines is 1. The van der Waals surface area contributed by atoms with Gasteiger partial charge in [0, 0.05) is 5.38 Å². The molecule has 16 heteroatoms. The monoisotopic (exact) mass is 445 g/mol. The summed E-state index contributed by atoms with van der Waals surface area (Å²) in [6.07, 6.45) is -0.576.